The first kappa shape index (κ1) is 17.8. The van der Waals surface area contributed by atoms with Gasteiger partial charge in [-0.1, -0.05) is 29.8 Å². The van der Waals surface area contributed by atoms with E-state index in [1.165, 1.54) is 12.1 Å². The summed E-state index contributed by atoms with van der Waals surface area (Å²) in [6.45, 7) is 2.42. The van der Waals surface area contributed by atoms with Gasteiger partial charge >= 0.3 is 0 Å². The van der Waals surface area contributed by atoms with Crippen molar-refractivity contribution in [3.8, 4) is 0 Å². The number of nitrogens with zero attached hydrogens (tertiary/aromatic N) is 1. The summed E-state index contributed by atoms with van der Waals surface area (Å²) in [7, 11) is 0. The molecule has 0 aliphatic rings. The zero-order valence-electron chi connectivity index (χ0n) is 14.5. The maximum Gasteiger partial charge on any atom is 0.272 e. The molecule has 4 rings (SSSR count). The van der Waals surface area contributed by atoms with E-state index in [0.717, 1.165) is 21.3 Å². The molecule has 27 heavy (non-hydrogen) atoms. The Bertz CT molecular complexity index is 1130. The first-order valence-electron chi connectivity index (χ1n) is 8.40. The smallest absolute Gasteiger partial charge is 0.272 e. The van der Waals surface area contributed by atoms with Crippen LogP contribution in [0.2, 0.25) is 5.02 Å². The van der Waals surface area contributed by atoms with Gasteiger partial charge in [-0.15, -0.1) is 11.3 Å². The molecule has 0 bridgehead atoms. The molecule has 3 nitrogen and oxygen atoms in total. The lowest BCUT2D eigenvalue weighted by molar-refractivity contribution is 0.101. The van der Waals surface area contributed by atoms with Gasteiger partial charge in [-0.25, -0.2) is 4.39 Å². The fraction of sp³-hybridized carbons (Fsp3) is 0.0952. The number of hydrogen-bond donors (Lipinski definition) is 1. The van der Waals surface area contributed by atoms with Crippen molar-refractivity contribution in [2.24, 2.45) is 0 Å². The van der Waals surface area contributed by atoms with Gasteiger partial charge in [-0.2, -0.15) is 0 Å². The minimum Gasteiger partial charge on any atom is -0.331 e. The molecule has 0 unspecified atom stereocenters. The average molecular weight is 399 g/mol. The molecule has 0 radical (unpaired) electrons. The Hall–Kier alpha value is -2.63. The van der Waals surface area contributed by atoms with Crippen molar-refractivity contribution in [3.63, 3.8) is 0 Å². The number of thiophene rings is 1. The van der Waals surface area contributed by atoms with Gasteiger partial charge in [-0.05, 0) is 59.8 Å². The molecule has 0 aliphatic carbocycles. The fourth-order valence-electron chi connectivity index (χ4n) is 3.03. The van der Waals surface area contributed by atoms with Crippen LogP contribution < -0.4 is 5.32 Å². The van der Waals surface area contributed by atoms with E-state index >= 15 is 0 Å². The number of anilines is 1. The summed E-state index contributed by atoms with van der Waals surface area (Å²) in [6.07, 6.45) is 0. The summed E-state index contributed by atoms with van der Waals surface area (Å²) < 4.78 is 16.2. The molecule has 1 N–H and O–H groups in total. The predicted octanol–water partition coefficient (Wildman–Crippen LogP) is 6.10. The second-order valence-corrected chi connectivity index (χ2v) is 7.70. The number of benzene rings is 2. The maximum atomic E-state index is 13.2. The van der Waals surface area contributed by atoms with Crippen LogP contribution >= 0.6 is 22.9 Å². The normalized spacial score (nSPS) is 11.1. The first-order chi connectivity index (χ1) is 13.0. The number of aryl methyl sites for hydroxylation is 1. The fourth-order valence-corrected chi connectivity index (χ4v) is 4.02. The molecule has 0 spiro atoms. The lowest BCUT2D eigenvalue weighted by atomic mass is 10.2. The Kier molecular flexibility index (Phi) is 4.72. The number of hydrogen-bond acceptors (Lipinski definition) is 2. The minimum atomic E-state index is -0.279. The molecule has 2 aromatic carbocycles. The van der Waals surface area contributed by atoms with Crippen LogP contribution in [0.25, 0.3) is 10.2 Å². The van der Waals surface area contributed by atoms with Gasteiger partial charge in [-0.3, -0.25) is 4.79 Å². The summed E-state index contributed by atoms with van der Waals surface area (Å²) in [6, 6.07) is 15.7. The molecular weight excluding hydrogens is 383 g/mol. The van der Waals surface area contributed by atoms with Crippen molar-refractivity contribution in [3.05, 3.63) is 87.6 Å². The molecule has 0 aliphatic heterocycles. The monoisotopic (exact) mass is 398 g/mol. The molecule has 0 atom stereocenters. The zero-order chi connectivity index (χ0) is 19.0. The Balaban J connectivity index is 1.70. The Labute approximate surface area is 165 Å². The minimum absolute atomic E-state index is 0.229. The van der Waals surface area contributed by atoms with Gasteiger partial charge in [0.1, 0.15) is 11.5 Å². The van der Waals surface area contributed by atoms with Gasteiger partial charge in [0.05, 0.1) is 20.9 Å². The highest BCUT2D eigenvalue weighted by Gasteiger charge is 2.18. The van der Waals surface area contributed by atoms with E-state index in [-0.39, 0.29) is 11.7 Å². The molecule has 0 saturated heterocycles. The molecule has 6 heteroatoms. The number of carbonyl (C=O) groups excluding carboxylic acids is 1. The molecule has 2 aromatic heterocycles. The van der Waals surface area contributed by atoms with Crippen LogP contribution in [0.1, 0.15) is 21.6 Å². The van der Waals surface area contributed by atoms with Gasteiger partial charge in [0.2, 0.25) is 0 Å². The lowest BCUT2D eigenvalue weighted by Gasteiger charge is -2.12. The van der Waals surface area contributed by atoms with Crippen molar-refractivity contribution < 1.29 is 9.18 Å². The highest BCUT2D eigenvalue weighted by atomic mass is 35.5. The van der Waals surface area contributed by atoms with Crippen LogP contribution in [0.4, 0.5) is 10.1 Å². The van der Waals surface area contributed by atoms with Gasteiger partial charge in [0.15, 0.2) is 0 Å². The largest absolute Gasteiger partial charge is 0.331 e. The molecule has 4 aromatic rings. The summed E-state index contributed by atoms with van der Waals surface area (Å²) in [5, 5.41) is 5.39. The number of fused-ring (bicyclic) bond motifs is 1. The van der Waals surface area contributed by atoms with Gasteiger partial charge in [0.25, 0.3) is 5.91 Å². The van der Waals surface area contributed by atoms with Crippen LogP contribution in [-0.4, -0.2) is 10.5 Å². The van der Waals surface area contributed by atoms with Gasteiger partial charge < -0.3 is 9.88 Å². The van der Waals surface area contributed by atoms with E-state index in [9.17, 15) is 9.18 Å². The third-order valence-electron chi connectivity index (χ3n) is 4.38. The Morgan fingerprint density at radius 3 is 2.70 bits per heavy atom. The number of aromatic nitrogens is 1. The number of rotatable bonds is 4. The molecule has 0 saturated carbocycles. The topological polar surface area (TPSA) is 34.0 Å². The maximum absolute atomic E-state index is 13.2. The Morgan fingerprint density at radius 1 is 1.15 bits per heavy atom. The third-order valence-corrected chi connectivity index (χ3v) is 5.56. The Morgan fingerprint density at radius 2 is 1.93 bits per heavy atom. The predicted molar refractivity (Wildman–Crippen MR) is 109 cm³/mol. The number of halogens is 2. The van der Waals surface area contributed by atoms with Crippen molar-refractivity contribution in [2.45, 2.75) is 13.5 Å². The van der Waals surface area contributed by atoms with E-state index in [0.29, 0.717) is 22.9 Å². The van der Waals surface area contributed by atoms with Crippen LogP contribution in [0.5, 0.6) is 0 Å². The van der Waals surface area contributed by atoms with E-state index in [2.05, 4.69) is 5.32 Å². The van der Waals surface area contributed by atoms with Crippen molar-refractivity contribution in [2.75, 3.05) is 5.32 Å². The van der Waals surface area contributed by atoms with Crippen LogP contribution in [0.15, 0.2) is 60.0 Å². The quantitative estimate of drug-likeness (QED) is 0.442. The number of nitrogens with one attached hydrogen (secondary N) is 1. The van der Waals surface area contributed by atoms with Crippen LogP contribution in [-0.2, 0) is 6.54 Å². The van der Waals surface area contributed by atoms with E-state index in [1.54, 1.807) is 29.5 Å². The van der Waals surface area contributed by atoms with E-state index < -0.39 is 0 Å². The molecule has 136 valence electrons. The van der Waals surface area contributed by atoms with Crippen LogP contribution in [0, 0.1) is 12.7 Å². The molecule has 1 amide bonds. The third kappa shape index (κ3) is 3.61. The highest BCUT2D eigenvalue weighted by Crippen LogP contribution is 2.28. The molecule has 2 heterocycles. The van der Waals surface area contributed by atoms with Crippen molar-refractivity contribution in [1.82, 2.24) is 4.57 Å². The summed E-state index contributed by atoms with van der Waals surface area (Å²) in [4.78, 5) is 13.0. The highest BCUT2D eigenvalue weighted by molar-refractivity contribution is 7.17. The lowest BCUT2D eigenvalue weighted by Crippen LogP contribution is -2.17. The number of carbonyl (C=O) groups is 1. The van der Waals surface area contributed by atoms with E-state index in [4.69, 9.17) is 11.6 Å². The molecule has 0 fully saturated rings. The first-order valence-corrected chi connectivity index (χ1v) is 9.66. The average Bonchev–Trinajstić information content (AvgIpc) is 3.22. The summed E-state index contributed by atoms with van der Waals surface area (Å²) >= 11 is 7.79. The summed E-state index contributed by atoms with van der Waals surface area (Å²) in [5.41, 5.74) is 4.03. The molecular formula is C21H16ClFN2OS. The second-order valence-electron chi connectivity index (χ2n) is 6.35. The van der Waals surface area contributed by atoms with E-state index in [1.807, 2.05) is 41.1 Å². The standard InChI is InChI=1S/C21H16ClFN2OS/c1-13-2-7-16(22)17(10-13)24-21(26)19-11-20-18(8-9-27-20)25(19)12-14-3-5-15(23)6-4-14/h2-11H,12H2,1H3,(H,24,26). The van der Waals surface area contributed by atoms with Crippen molar-refractivity contribution >= 4 is 44.7 Å². The number of amides is 1. The van der Waals surface area contributed by atoms with Crippen molar-refractivity contribution in [1.29, 1.82) is 0 Å². The zero-order valence-corrected chi connectivity index (χ0v) is 16.1. The summed E-state index contributed by atoms with van der Waals surface area (Å²) in [5.74, 6) is -0.507. The van der Waals surface area contributed by atoms with Crippen LogP contribution in [0.3, 0.4) is 0 Å². The second kappa shape index (κ2) is 7.18. The SMILES string of the molecule is Cc1ccc(Cl)c(NC(=O)c2cc3sccc3n2Cc2ccc(F)cc2)c1. The van der Waals surface area contributed by atoms with Gasteiger partial charge in [0, 0.05) is 6.54 Å².